The average Bonchev–Trinajstić information content (AvgIpc) is 3.93. The van der Waals surface area contributed by atoms with Gasteiger partial charge < -0.3 is 60.6 Å². The highest BCUT2D eigenvalue weighted by Gasteiger charge is 2.72. The molecule has 67 heavy (non-hydrogen) atoms. The topological polar surface area (TPSA) is 235 Å². The summed E-state index contributed by atoms with van der Waals surface area (Å²) in [4.78, 5) is 43.7. The maximum absolute atomic E-state index is 15.9. The van der Waals surface area contributed by atoms with Gasteiger partial charge in [-0.2, -0.15) is 0 Å². The average molecular weight is 955 g/mol. The number of aldehydes is 1. The molecule has 9 N–H and O–H groups in total. The lowest BCUT2D eigenvalue weighted by Crippen LogP contribution is -2.78. The standard InChI is InChI=1S/C51H58N2O12S2/c54-18-4-10-39-50-35(21-31(22-38(50)58)20-29-5-1-6-30(19-29)24-55)42(59)34-8-2-9-36(41(34)43(50)60)64-45-44(61)51(63)37(11-14-49(27-57,65-45)46(51)62)48(16-15-47(26-48)13-3-7-33(47)25-56)32-12-17-52-40(23-32)53-28-66-67-39/h1-2,5-6,8-9,11-12,14,19,21-23,25,33,35,37,39,44-46,52-55,57-58,61-63H,3-4,7,10,13,15-18,20,24,26-28H2/t33-,35+,37-,39-,44-,45+,46+,47-,48+,49+,50-,51+/m0/s1. The van der Waals surface area contributed by atoms with Gasteiger partial charge in [0, 0.05) is 41.2 Å². The SMILES string of the molecule is O=C[C@@H]1CCC[C@@]12CC[C@@]1(C2)C2=CCNC(=C2)NCSS[C@@H](CCCO)[C@]23C(=O)c4c(cccc4C(=O)[C@H]2C=C(Cc2cccc(CO)c2)C=C3O)O[C@@H]2O[C@@]3(CO)C=C[C@@H]1[C@@](O)([C@H]2O)[C@@H]3O. The first-order valence-electron chi connectivity index (χ1n) is 23.3. The molecule has 3 spiro atoms. The van der Waals surface area contributed by atoms with Crippen molar-refractivity contribution in [3.05, 3.63) is 124 Å². The number of aliphatic hydroxyl groups is 7. The van der Waals surface area contributed by atoms with Crippen LogP contribution in [0.3, 0.4) is 0 Å². The van der Waals surface area contributed by atoms with Crippen LogP contribution in [-0.2, 0) is 22.6 Å². The van der Waals surface area contributed by atoms with Gasteiger partial charge in [-0.05, 0) is 97.3 Å². The van der Waals surface area contributed by atoms with E-state index in [4.69, 9.17) is 9.47 Å². The van der Waals surface area contributed by atoms with Crippen LogP contribution in [-0.4, -0.2) is 114 Å². The number of fused-ring (bicyclic) bond motifs is 5. The van der Waals surface area contributed by atoms with E-state index in [0.29, 0.717) is 55.1 Å². The predicted molar refractivity (Wildman–Crippen MR) is 250 cm³/mol. The molecule has 2 saturated carbocycles. The maximum atomic E-state index is 15.9. The smallest absolute Gasteiger partial charge is 0.230 e. The lowest BCUT2D eigenvalue weighted by molar-refractivity contribution is -0.355. The second-order valence-electron chi connectivity index (χ2n) is 19.8. The summed E-state index contributed by atoms with van der Waals surface area (Å²) in [5.74, 6) is -2.99. The number of aliphatic hydroxyl groups excluding tert-OH is 6. The van der Waals surface area contributed by atoms with Crippen molar-refractivity contribution in [1.82, 2.24) is 10.6 Å². The molecule has 356 valence electrons. The van der Waals surface area contributed by atoms with Crippen molar-refractivity contribution in [2.45, 2.75) is 99.3 Å². The van der Waals surface area contributed by atoms with Crippen LogP contribution < -0.4 is 15.4 Å². The molecule has 14 nitrogen and oxygen atoms in total. The van der Waals surface area contributed by atoms with Crippen LogP contribution in [0.15, 0.2) is 102 Å². The van der Waals surface area contributed by atoms with Crippen molar-refractivity contribution in [3.63, 3.8) is 0 Å². The fourth-order valence-corrected chi connectivity index (χ4v) is 16.1. The molecule has 16 heteroatoms. The zero-order chi connectivity index (χ0) is 46.9. The normalized spacial score (nSPS) is 38.7. The van der Waals surface area contributed by atoms with Gasteiger partial charge >= 0.3 is 0 Å². The lowest BCUT2D eigenvalue weighted by Gasteiger charge is -2.60. The first-order valence-corrected chi connectivity index (χ1v) is 25.7. The van der Waals surface area contributed by atoms with E-state index in [0.717, 1.165) is 36.7 Å². The molecule has 7 bridgehead atoms. The summed E-state index contributed by atoms with van der Waals surface area (Å²) >= 11 is 0. The quantitative estimate of drug-likeness (QED) is 0.101. The van der Waals surface area contributed by atoms with Crippen LogP contribution in [0.4, 0.5) is 0 Å². The van der Waals surface area contributed by atoms with Crippen LogP contribution >= 0.6 is 21.6 Å². The molecule has 3 heterocycles. The summed E-state index contributed by atoms with van der Waals surface area (Å²) in [6, 6.07) is 11.8. The van der Waals surface area contributed by atoms with E-state index < -0.39 is 75.8 Å². The van der Waals surface area contributed by atoms with Crippen LogP contribution in [0.25, 0.3) is 0 Å². The summed E-state index contributed by atoms with van der Waals surface area (Å²) in [5.41, 5.74) is -4.76. The molecule has 8 aliphatic rings. The molecule has 5 aliphatic carbocycles. The van der Waals surface area contributed by atoms with Crippen molar-refractivity contribution in [3.8, 4) is 5.75 Å². The van der Waals surface area contributed by atoms with Crippen molar-refractivity contribution >= 4 is 39.4 Å². The minimum Gasteiger partial charge on any atom is -0.511 e. The first-order chi connectivity index (χ1) is 32.3. The number of carbonyl (C=O) groups is 3. The third-order valence-electron chi connectivity index (χ3n) is 16.5. The van der Waals surface area contributed by atoms with Crippen LogP contribution in [0, 0.1) is 34.0 Å². The number of allylic oxidation sites excluding steroid dienone is 6. The van der Waals surface area contributed by atoms with E-state index in [1.54, 1.807) is 18.2 Å². The molecule has 2 aromatic rings. The van der Waals surface area contributed by atoms with E-state index in [9.17, 15) is 40.5 Å². The minimum atomic E-state index is -2.43. The molecular weight excluding hydrogens is 897 g/mol. The molecule has 0 radical (unpaired) electrons. The molecule has 0 unspecified atom stereocenters. The number of hydrogen-bond donors (Lipinski definition) is 9. The third-order valence-corrected chi connectivity index (χ3v) is 19.2. The van der Waals surface area contributed by atoms with Gasteiger partial charge in [-0.1, -0.05) is 88.7 Å². The largest absolute Gasteiger partial charge is 0.511 e. The zero-order valence-electron chi connectivity index (χ0n) is 37.0. The number of ether oxygens (including phenoxy) is 2. The van der Waals surface area contributed by atoms with Crippen LogP contribution in [0.5, 0.6) is 5.75 Å². The van der Waals surface area contributed by atoms with Crippen LogP contribution in [0.2, 0.25) is 0 Å². The summed E-state index contributed by atoms with van der Waals surface area (Å²) in [7, 11) is 2.74. The molecule has 12 atom stereocenters. The van der Waals surface area contributed by atoms with Gasteiger partial charge in [0.15, 0.2) is 11.6 Å². The highest BCUT2D eigenvalue weighted by molar-refractivity contribution is 8.76. The maximum Gasteiger partial charge on any atom is 0.230 e. The second-order valence-corrected chi connectivity index (χ2v) is 22.3. The Hall–Kier alpha value is -4.23. The number of rotatable bonds is 8. The second kappa shape index (κ2) is 17.6. The van der Waals surface area contributed by atoms with Crippen molar-refractivity contribution in [2.75, 3.05) is 25.6 Å². The molecule has 0 aromatic heterocycles. The zero-order valence-corrected chi connectivity index (χ0v) is 38.6. The van der Waals surface area contributed by atoms with Crippen molar-refractivity contribution in [1.29, 1.82) is 0 Å². The molecule has 0 amide bonds. The predicted octanol–water partition coefficient (Wildman–Crippen LogP) is 4.50. The van der Waals surface area contributed by atoms with E-state index in [2.05, 4.69) is 16.7 Å². The van der Waals surface area contributed by atoms with Crippen LogP contribution in [0.1, 0.15) is 83.2 Å². The van der Waals surface area contributed by atoms with Gasteiger partial charge in [0.1, 0.15) is 46.6 Å². The highest BCUT2D eigenvalue weighted by atomic mass is 33.1. The fraction of sp³-hybridized carbons (Fsp3) is 0.510. The van der Waals surface area contributed by atoms with Gasteiger partial charge in [0.2, 0.25) is 6.29 Å². The Labute approximate surface area is 396 Å². The molecule has 10 rings (SSSR count). The van der Waals surface area contributed by atoms with Gasteiger partial charge in [-0.25, -0.2) is 0 Å². The third kappa shape index (κ3) is 7.06. The van der Waals surface area contributed by atoms with Crippen molar-refractivity contribution < 1.29 is 59.6 Å². The number of ketones is 2. The van der Waals surface area contributed by atoms with Gasteiger partial charge in [0.25, 0.3) is 0 Å². The monoisotopic (exact) mass is 954 g/mol. The minimum absolute atomic E-state index is 0.0125. The Bertz CT molecular complexity index is 2510. The lowest BCUT2D eigenvalue weighted by atomic mass is 9.53. The molecule has 3 aliphatic heterocycles. The van der Waals surface area contributed by atoms with E-state index in [1.807, 2.05) is 24.3 Å². The number of nitrogens with one attached hydrogen (secondary N) is 2. The Morgan fingerprint density at radius 3 is 2.60 bits per heavy atom. The number of dihydropyridines is 1. The Kier molecular flexibility index (Phi) is 12.2. The first kappa shape index (κ1) is 46.5. The van der Waals surface area contributed by atoms with E-state index >= 15 is 9.59 Å². The number of carbonyl (C=O) groups excluding carboxylic acids is 3. The Morgan fingerprint density at radius 1 is 0.985 bits per heavy atom. The Balaban J connectivity index is 1.13. The Morgan fingerprint density at radius 2 is 1.81 bits per heavy atom. The van der Waals surface area contributed by atoms with Crippen molar-refractivity contribution in [2.24, 2.45) is 34.0 Å². The summed E-state index contributed by atoms with van der Waals surface area (Å²) in [6.45, 7) is -0.784. The van der Waals surface area contributed by atoms with E-state index in [-0.39, 0.29) is 60.0 Å². The number of benzene rings is 2. The summed E-state index contributed by atoms with van der Waals surface area (Å²) < 4.78 is 12.9. The fourth-order valence-electron chi connectivity index (χ4n) is 13.3. The summed E-state index contributed by atoms with van der Waals surface area (Å²) in [5, 5.41) is 88.1. The van der Waals surface area contributed by atoms with Gasteiger partial charge in [0.05, 0.1) is 36.4 Å². The van der Waals surface area contributed by atoms with Gasteiger partial charge in [-0.3, -0.25) is 9.59 Å². The molecule has 1 saturated heterocycles. The number of Topliss-reactive ketones (excluding diaryl/α,β-unsaturated/α-hetero) is 2. The van der Waals surface area contributed by atoms with Gasteiger partial charge in [-0.15, -0.1) is 0 Å². The highest BCUT2D eigenvalue weighted by Crippen LogP contribution is 2.68. The van der Waals surface area contributed by atoms with E-state index in [1.165, 1.54) is 51.9 Å². The molecular formula is C51H58N2O12S2. The number of hydrogen-bond acceptors (Lipinski definition) is 16. The molecule has 3 fully saturated rings. The summed E-state index contributed by atoms with van der Waals surface area (Å²) in [6.07, 6.45) is 10.8. The molecule has 2 aromatic carbocycles.